The zero-order valence-electron chi connectivity index (χ0n) is 12.6. The van der Waals surface area contributed by atoms with Gasteiger partial charge >= 0.3 is 0 Å². The highest BCUT2D eigenvalue weighted by Gasteiger charge is 2.27. The maximum Gasteiger partial charge on any atom is 0.242 e. The number of phenolic OH excluding ortho intramolecular Hbond substituents is 1. The fourth-order valence-electron chi connectivity index (χ4n) is 1.88. The number of rotatable bonds is 9. The van der Waals surface area contributed by atoms with Crippen molar-refractivity contribution in [1.82, 2.24) is 10.6 Å². The molecule has 0 fully saturated rings. The number of hydrogen-bond donors (Lipinski definition) is 7. The van der Waals surface area contributed by atoms with Gasteiger partial charge in [0.15, 0.2) is 6.29 Å². The summed E-state index contributed by atoms with van der Waals surface area (Å²) in [7, 11) is 0. The van der Waals surface area contributed by atoms with Crippen LogP contribution in [-0.4, -0.2) is 68.6 Å². The Balaban J connectivity index is 2.93. The summed E-state index contributed by atoms with van der Waals surface area (Å²) < 4.78 is 0. The summed E-state index contributed by atoms with van der Waals surface area (Å²) in [5.41, 5.74) is 0.433. The molecule has 7 N–H and O–H groups in total. The second kappa shape index (κ2) is 9.71. The van der Waals surface area contributed by atoms with Gasteiger partial charge in [-0.1, -0.05) is 12.1 Å². The number of aromatic hydroxyl groups is 1. The van der Waals surface area contributed by atoms with Crippen molar-refractivity contribution in [3.63, 3.8) is 0 Å². The van der Waals surface area contributed by atoms with Crippen LogP contribution >= 0.6 is 11.8 Å². The van der Waals surface area contributed by atoms with Crippen molar-refractivity contribution < 1.29 is 30.3 Å². The molecule has 0 aliphatic heterocycles. The van der Waals surface area contributed by atoms with Crippen LogP contribution in [0.5, 0.6) is 5.75 Å². The lowest BCUT2D eigenvalue weighted by Crippen LogP contribution is -2.50. The Hall–Kier alpha value is -1.36. The Labute approximate surface area is 138 Å². The molecule has 0 saturated carbocycles. The Morgan fingerprint density at radius 3 is 2.30 bits per heavy atom. The number of carbonyl (C=O) groups is 1. The fourth-order valence-corrected chi connectivity index (χ4v) is 2.50. The molecule has 1 rings (SSSR count). The first-order chi connectivity index (χ1) is 10.9. The van der Waals surface area contributed by atoms with E-state index in [1.165, 1.54) is 36.0 Å². The number of hydrogen-bond acceptors (Lipinski definition) is 8. The molecule has 130 valence electrons. The van der Waals surface area contributed by atoms with E-state index in [0.717, 1.165) is 0 Å². The van der Waals surface area contributed by atoms with Crippen molar-refractivity contribution in [2.45, 2.75) is 24.6 Å². The molecule has 9 heteroatoms. The lowest BCUT2D eigenvalue weighted by molar-refractivity contribution is -0.129. The molecule has 0 bridgehead atoms. The summed E-state index contributed by atoms with van der Waals surface area (Å²) in [6.07, 6.45) is -1.31. The minimum absolute atomic E-state index is 0.0154. The van der Waals surface area contributed by atoms with E-state index in [-0.39, 0.29) is 11.5 Å². The summed E-state index contributed by atoms with van der Waals surface area (Å²) >= 11 is 1.33. The number of aliphatic hydroxyl groups excluding tert-OH is 3. The summed E-state index contributed by atoms with van der Waals surface area (Å²) in [4.78, 5) is 12.4. The SMILES string of the molecule is CSC[C@H](NC(=O)[C@H](NC(O)CO)c1ccc(O)cc1)C(O)O. The van der Waals surface area contributed by atoms with Gasteiger partial charge in [0.05, 0.1) is 12.6 Å². The van der Waals surface area contributed by atoms with Gasteiger partial charge in [0, 0.05) is 5.75 Å². The predicted octanol–water partition coefficient (Wildman–Crippen LogP) is -1.51. The zero-order chi connectivity index (χ0) is 17.4. The molecule has 23 heavy (non-hydrogen) atoms. The molecule has 0 radical (unpaired) electrons. The first-order valence-electron chi connectivity index (χ1n) is 6.88. The van der Waals surface area contributed by atoms with Crippen molar-refractivity contribution >= 4 is 17.7 Å². The van der Waals surface area contributed by atoms with Gasteiger partial charge < -0.3 is 30.8 Å². The van der Waals surface area contributed by atoms with Crippen LogP contribution in [0.1, 0.15) is 11.6 Å². The summed E-state index contributed by atoms with van der Waals surface area (Å²) in [6, 6.07) is 3.79. The maximum absolute atomic E-state index is 12.4. The van der Waals surface area contributed by atoms with E-state index >= 15 is 0 Å². The first-order valence-corrected chi connectivity index (χ1v) is 8.27. The molecule has 8 nitrogen and oxygen atoms in total. The standard InChI is InChI=1S/C14H22N2O6S/c1-23-7-10(14(21)22)15-13(20)12(16-11(19)6-17)8-2-4-9(18)5-3-8/h2-5,10-12,14,16-19,21-22H,6-7H2,1H3,(H,15,20)/t10-,11?,12+/m0/s1. The maximum atomic E-state index is 12.4. The molecule has 0 aliphatic rings. The second-order valence-electron chi connectivity index (χ2n) is 4.87. The molecule has 1 unspecified atom stereocenters. The highest BCUT2D eigenvalue weighted by Crippen LogP contribution is 2.18. The molecule has 3 atom stereocenters. The highest BCUT2D eigenvalue weighted by molar-refractivity contribution is 7.98. The van der Waals surface area contributed by atoms with Crippen molar-refractivity contribution in [2.24, 2.45) is 0 Å². The number of phenols is 1. The molecular formula is C14H22N2O6S. The van der Waals surface area contributed by atoms with E-state index in [9.17, 15) is 25.2 Å². The van der Waals surface area contributed by atoms with E-state index in [4.69, 9.17) is 5.11 Å². The number of aliphatic hydroxyl groups is 4. The quantitative estimate of drug-likeness (QED) is 0.268. The summed E-state index contributed by atoms with van der Waals surface area (Å²) in [6.45, 7) is -0.598. The second-order valence-corrected chi connectivity index (χ2v) is 5.78. The normalized spacial score (nSPS) is 15.2. The molecule has 0 heterocycles. The monoisotopic (exact) mass is 346 g/mol. The summed E-state index contributed by atoms with van der Waals surface area (Å²) in [5.74, 6) is -0.300. The van der Waals surface area contributed by atoms with Gasteiger partial charge in [0.1, 0.15) is 18.0 Å². The van der Waals surface area contributed by atoms with Crippen LogP contribution in [0.3, 0.4) is 0 Å². The Bertz CT molecular complexity index is 485. The molecule has 0 saturated heterocycles. The van der Waals surface area contributed by atoms with Gasteiger partial charge in [0.25, 0.3) is 0 Å². The zero-order valence-corrected chi connectivity index (χ0v) is 13.4. The van der Waals surface area contributed by atoms with Gasteiger partial charge in [-0.3, -0.25) is 10.1 Å². The molecule has 0 aliphatic carbocycles. The molecule has 1 amide bonds. The van der Waals surface area contributed by atoms with Gasteiger partial charge in [-0.15, -0.1) is 0 Å². The van der Waals surface area contributed by atoms with Crippen LogP contribution in [0, 0.1) is 0 Å². The number of benzene rings is 1. The molecule has 1 aromatic rings. The lowest BCUT2D eigenvalue weighted by atomic mass is 10.1. The fraction of sp³-hybridized carbons (Fsp3) is 0.500. The lowest BCUT2D eigenvalue weighted by Gasteiger charge is -2.25. The van der Waals surface area contributed by atoms with E-state index in [1.54, 1.807) is 6.26 Å². The van der Waals surface area contributed by atoms with Gasteiger partial charge in [-0.25, -0.2) is 0 Å². The third-order valence-electron chi connectivity index (χ3n) is 3.05. The van der Waals surface area contributed by atoms with Gasteiger partial charge in [0.2, 0.25) is 5.91 Å². The van der Waals surface area contributed by atoms with E-state index in [0.29, 0.717) is 5.56 Å². The number of thioether (sulfide) groups is 1. The minimum atomic E-state index is -1.73. The number of nitrogens with one attached hydrogen (secondary N) is 2. The van der Waals surface area contributed by atoms with Crippen molar-refractivity contribution in [3.05, 3.63) is 29.8 Å². The number of carbonyl (C=O) groups excluding carboxylic acids is 1. The molecule has 0 spiro atoms. The van der Waals surface area contributed by atoms with Crippen LogP contribution in [0.2, 0.25) is 0 Å². The Morgan fingerprint density at radius 1 is 1.22 bits per heavy atom. The Morgan fingerprint density at radius 2 is 1.83 bits per heavy atom. The van der Waals surface area contributed by atoms with Crippen LogP contribution in [0.4, 0.5) is 0 Å². The smallest absolute Gasteiger partial charge is 0.242 e. The average molecular weight is 346 g/mol. The highest BCUT2D eigenvalue weighted by atomic mass is 32.2. The predicted molar refractivity (Wildman–Crippen MR) is 85.6 cm³/mol. The van der Waals surface area contributed by atoms with Crippen LogP contribution < -0.4 is 10.6 Å². The molecule has 0 aromatic heterocycles. The molecular weight excluding hydrogens is 324 g/mol. The third-order valence-corrected chi connectivity index (χ3v) is 3.75. The summed E-state index contributed by atoms with van der Waals surface area (Å²) in [5, 5.41) is 51.4. The number of amides is 1. The van der Waals surface area contributed by atoms with Crippen LogP contribution in [0.25, 0.3) is 0 Å². The average Bonchev–Trinajstić information content (AvgIpc) is 2.52. The van der Waals surface area contributed by atoms with Gasteiger partial charge in [-0.2, -0.15) is 11.8 Å². The van der Waals surface area contributed by atoms with E-state index in [1.807, 2.05) is 0 Å². The van der Waals surface area contributed by atoms with Crippen molar-refractivity contribution in [1.29, 1.82) is 0 Å². The molecule has 1 aromatic carbocycles. The van der Waals surface area contributed by atoms with Crippen molar-refractivity contribution in [2.75, 3.05) is 18.6 Å². The minimum Gasteiger partial charge on any atom is -0.508 e. The third kappa shape index (κ3) is 6.34. The van der Waals surface area contributed by atoms with E-state index < -0.39 is 37.1 Å². The van der Waals surface area contributed by atoms with Crippen LogP contribution in [0.15, 0.2) is 24.3 Å². The Kier molecular flexibility index (Phi) is 8.31. The largest absolute Gasteiger partial charge is 0.508 e. The van der Waals surface area contributed by atoms with Gasteiger partial charge in [-0.05, 0) is 24.0 Å². The first kappa shape index (κ1) is 19.7. The topological polar surface area (TPSA) is 142 Å². The van der Waals surface area contributed by atoms with Crippen LogP contribution in [-0.2, 0) is 4.79 Å². The van der Waals surface area contributed by atoms with E-state index in [2.05, 4.69) is 10.6 Å². The van der Waals surface area contributed by atoms with Crippen molar-refractivity contribution in [3.8, 4) is 5.75 Å².